The van der Waals surface area contributed by atoms with Crippen molar-refractivity contribution in [2.75, 3.05) is 19.7 Å². The maximum Gasteiger partial charge on any atom is 0.240 e. The second-order valence-corrected chi connectivity index (χ2v) is 6.95. The molecule has 3 heterocycles. The number of rotatable bonds is 6. The molecule has 1 atom stereocenters. The van der Waals surface area contributed by atoms with E-state index in [2.05, 4.69) is 33.9 Å². The SMILES string of the molecule is CC(C)c1noc(CN2CCCC(COc3ncccc3Cl)C2)n1. The van der Waals surface area contributed by atoms with E-state index in [1.54, 1.807) is 18.3 Å². The average molecular weight is 351 g/mol. The minimum absolute atomic E-state index is 0.285. The van der Waals surface area contributed by atoms with Crippen molar-refractivity contribution in [3.05, 3.63) is 35.1 Å². The summed E-state index contributed by atoms with van der Waals surface area (Å²) in [4.78, 5) is 11.0. The van der Waals surface area contributed by atoms with E-state index in [0.29, 0.717) is 35.9 Å². The van der Waals surface area contributed by atoms with E-state index in [9.17, 15) is 0 Å². The Bertz CT molecular complexity index is 662. The Kier molecular flexibility index (Phi) is 5.68. The molecule has 1 fully saturated rings. The van der Waals surface area contributed by atoms with Crippen LogP contribution in [0.25, 0.3) is 0 Å². The number of hydrogen-bond acceptors (Lipinski definition) is 6. The quantitative estimate of drug-likeness (QED) is 0.794. The van der Waals surface area contributed by atoms with E-state index < -0.39 is 0 Å². The van der Waals surface area contributed by atoms with Gasteiger partial charge in [-0.05, 0) is 31.5 Å². The van der Waals surface area contributed by atoms with Gasteiger partial charge in [-0.25, -0.2) is 4.98 Å². The van der Waals surface area contributed by atoms with Crippen LogP contribution in [0.3, 0.4) is 0 Å². The summed E-state index contributed by atoms with van der Waals surface area (Å²) in [5.74, 6) is 2.70. The number of halogens is 1. The predicted octanol–water partition coefficient (Wildman–Crippen LogP) is 3.53. The minimum atomic E-state index is 0.285. The lowest BCUT2D eigenvalue weighted by Gasteiger charge is -2.31. The van der Waals surface area contributed by atoms with E-state index in [0.717, 1.165) is 31.8 Å². The van der Waals surface area contributed by atoms with Crippen molar-refractivity contribution < 1.29 is 9.26 Å². The van der Waals surface area contributed by atoms with Crippen LogP contribution in [0.4, 0.5) is 0 Å². The third-order valence-corrected chi connectivity index (χ3v) is 4.43. The minimum Gasteiger partial charge on any atom is -0.476 e. The summed E-state index contributed by atoms with van der Waals surface area (Å²) < 4.78 is 11.1. The first-order valence-corrected chi connectivity index (χ1v) is 8.77. The summed E-state index contributed by atoms with van der Waals surface area (Å²) in [5, 5.41) is 4.58. The van der Waals surface area contributed by atoms with Gasteiger partial charge in [-0.1, -0.05) is 30.6 Å². The molecule has 2 aromatic heterocycles. The number of ether oxygens (including phenoxy) is 1. The number of piperidine rings is 1. The number of nitrogens with zero attached hydrogens (tertiary/aromatic N) is 4. The van der Waals surface area contributed by atoms with Gasteiger partial charge >= 0.3 is 0 Å². The Balaban J connectivity index is 1.51. The molecule has 0 aromatic carbocycles. The van der Waals surface area contributed by atoms with E-state index in [4.69, 9.17) is 20.9 Å². The van der Waals surface area contributed by atoms with Crippen LogP contribution in [0.5, 0.6) is 5.88 Å². The fourth-order valence-electron chi connectivity index (χ4n) is 2.86. The molecule has 1 aliphatic rings. The van der Waals surface area contributed by atoms with Crippen molar-refractivity contribution in [2.24, 2.45) is 5.92 Å². The van der Waals surface area contributed by atoms with E-state index in [-0.39, 0.29) is 5.92 Å². The lowest BCUT2D eigenvalue weighted by atomic mass is 9.99. The summed E-state index contributed by atoms with van der Waals surface area (Å²) in [6.07, 6.45) is 3.97. The highest BCUT2D eigenvalue weighted by atomic mass is 35.5. The fourth-order valence-corrected chi connectivity index (χ4v) is 3.04. The van der Waals surface area contributed by atoms with Crippen molar-refractivity contribution >= 4 is 11.6 Å². The maximum atomic E-state index is 6.08. The van der Waals surface area contributed by atoms with Gasteiger partial charge in [0.25, 0.3) is 0 Å². The van der Waals surface area contributed by atoms with Crippen LogP contribution >= 0.6 is 11.6 Å². The van der Waals surface area contributed by atoms with Gasteiger partial charge in [-0.15, -0.1) is 0 Å². The number of pyridine rings is 1. The Morgan fingerprint density at radius 1 is 1.46 bits per heavy atom. The van der Waals surface area contributed by atoms with Gasteiger partial charge in [0, 0.05) is 24.6 Å². The molecule has 2 aromatic rings. The van der Waals surface area contributed by atoms with Crippen LogP contribution in [0, 0.1) is 5.92 Å². The van der Waals surface area contributed by atoms with Crippen LogP contribution in [0.15, 0.2) is 22.9 Å². The Morgan fingerprint density at radius 3 is 3.08 bits per heavy atom. The smallest absolute Gasteiger partial charge is 0.240 e. The molecule has 0 radical (unpaired) electrons. The highest BCUT2D eigenvalue weighted by Crippen LogP contribution is 2.23. The molecular formula is C17H23ClN4O2. The summed E-state index contributed by atoms with van der Waals surface area (Å²) in [7, 11) is 0. The Morgan fingerprint density at radius 2 is 2.33 bits per heavy atom. The zero-order chi connectivity index (χ0) is 16.9. The Hall–Kier alpha value is -1.66. The monoisotopic (exact) mass is 350 g/mol. The van der Waals surface area contributed by atoms with Crippen molar-refractivity contribution in [2.45, 2.75) is 39.2 Å². The van der Waals surface area contributed by atoms with Crippen molar-refractivity contribution in [3.63, 3.8) is 0 Å². The third kappa shape index (κ3) is 4.45. The highest BCUT2D eigenvalue weighted by Gasteiger charge is 2.23. The largest absolute Gasteiger partial charge is 0.476 e. The van der Waals surface area contributed by atoms with Gasteiger partial charge in [0.15, 0.2) is 5.82 Å². The molecule has 130 valence electrons. The molecule has 24 heavy (non-hydrogen) atoms. The Labute approximate surface area is 147 Å². The van der Waals surface area contributed by atoms with Gasteiger partial charge in [-0.3, -0.25) is 4.90 Å². The molecule has 6 nitrogen and oxygen atoms in total. The number of aromatic nitrogens is 3. The number of likely N-dealkylation sites (tertiary alicyclic amines) is 1. The maximum absolute atomic E-state index is 6.08. The molecule has 1 aliphatic heterocycles. The van der Waals surface area contributed by atoms with Gasteiger partial charge in [-0.2, -0.15) is 4.98 Å². The van der Waals surface area contributed by atoms with Crippen molar-refractivity contribution in [1.29, 1.82) is 0 Å². The van der Waals surface area contributed by atoms with Crippen LogP contribution < -0.4 is 4.74 Å². The predicted molar refractivity (Wildman–Crippen MR) is 91.1 cm³/mol. The van der Waals surface area contributed by atoms with E-state index in [1.807, 2.05) is 0 Å². The average Bonchev–Trinajstić information content (AvgIpc) is 3.03. The molecule has 0 N–H and O–H groups in total. The first-order chi connectivity index (χ1) is 11.6. The molecule has 0 bridgehead atoms. The molecule has 3 rings (SSSR count). The summed E-state index contributed by atoms with van der Waals surface area (Å²) in [6, 6.07) is 3.59. The topological polar surface area (TPSA) is 64.3 Å². The molecule has 0 amide bonds. The van der Waals surface area contributed by atoms with Gasteiger partial charge in [0.2, 0.25) is 11.8 Å². The molecule has 0 spiro atoms. The van der Waals surface area contributed by atoms with Crippen LogP contribution in [0.2, 0.25) is 5.02 Å². The van der Waals surface area contributed by atoms with Crippen LogP contribution in [-0.2, 0) is 6.54 Å². The first kappa shape index (κ1) is 17.2. The standard InChI is InChI=1S/C17H23ClN4O2/c1-12(2)16-20-15(24-21-16)10-22-8-4-5-13(9-22)11-23-17-14(18)6-3-7-19-17/h3,6-7,12-13H,4-5,8-11H2,1-2H3. The molecule has 7 heteroatoms. The molecular weight excluding hydrogens is 328 g/mol. The van der Waals surface area contributed by atoms with Crippen LogP contribution in [0.1, 0.15) is 44.3 Å². The molecule has 1 unspecified atom stereocenters. The summed E-state index contributed by atoms with van der Waals surface area (Å²) >= 11 is 6.08. The van der Waals surface area contributed by atoms with Gasteiger partial charge in [0.1, 0.15) is 5.02 Å². The van der Waals surface area contributed by atoms with Gasteiger partial charge < -0.3 is 9.26 Å². The molecule has 0 aliphatic carbocycles. The van der Waals surface area contributed by atoms with Gasteiger partial charge in [0.05, 0.1) is 13.2 Å². The normalized spacial score (nSPS) is 18.9. The summed E-state index contributed by atoms with van der Waals surface area (Å²) in [5.41, 5.74) is 0. The molecule has 0 saturated carbocycles. The van der Waals surface area contributed by atoms with Crippen molar-refractivity contribution in [3.8, 4) is 5.88 Å². The fraction of sp³-hybridized carbons (Fsp3) is 0.588. The zero-order valence-corrected chi connectivity index (χ0v) is 14.9. The third-order valence-electron chi connectivity index (χ3n) is 4.14. The van der Waals surface area contributed by atoms with Crippen LogP contribution in [-0.4, -0.2) is 39.7 Å². The first-order valence-electron chi connectivity index (χ1n) is 8.40. The number of hydrogen-bond donors (Lipinski definition) is 0. The molecule has 1 saturated heterocycles. The second kappa shape index (κ2) is 7.94. The van der Waals surface area contributed by atoms with Crippen molar-refractivity contribution in [1.82, 2.24) is 20.0 Å². The highest BCUT2D eigenvalue weighted by molar-refractivity contribution is 6.31. The zero-order valence-electron chi connectivity index (χ0n) is 14.1. The van der Waals surface area contributed by atoms with E-state index in [1.165, 1.54) is 0 Å². The lowest BCUT2D eigenvalue weighted by molar-refractivity contribution is 0.113. The lowest BCUT2D eigenvalue weighted by Crippen LogP contribution is -2.37. The second-order valence-electron chi connectivity index (χ2n) is 6.55. The summed E-state index contributed by atoms with van der Waals surface area (Å²) in [6.45, 7) is 7.43. The van der Waals surface area contributed by atoms with E-state index >= 15 is 0 Å².